The zero-order chi connectivity index (χ0) is 27.5. The molecule has 0 saturated heterocycles. The van der Waals surface area contributed by atoms with Gasteiger partial charge in [-0.3, -0.25) is 14.4 Å². The number of rotatable bonds is 12. The molecule has 7 nitrogen and oxygen atoms in total. The molecule has 3 rings (SSSR count). The molecule has 3 aromatic carbocycles. The zero-order valence-electron chi connectivity index (χ0n) is 22.6. The lowest BCUT2D eigenvalue weighted by Crippen LogP contribution is -2.27. The standard InChI is InChI=1S/C31H36N2O5/c1-5-37-29(34)13-7-6-10-20-38-28-12-9-8-11-27(28)33(4)31(36)25-17-15-24(16-18-25)30(35)32-26-19-14-22(2)21-23(26)3/h8-9,11-12,14-19,21H,5-7,10,13,20H2,1-4H3,(H,32,35). The fraction of sp³-hybridized carbons (Fsp3) is 0.323. The zero-order valence-corrected chi connectivity index (χ0v) is 22.6. The molecule has 38 heavy (non-hydrogen) atoms. The third-order valence-electron chi connectivity index (χ3n) is 6.14. The first-order valence-electron chi connectivity index (χ1n) is 12.9. The molecule has 0 aliphatic carbocycles. The van der Waals surface area contributed by atoms with Gasteiger partial charge in [-0.1, -0.05) is 29.8 Å². The summed E-state index contributed by atoms with van der Waals surface area (Å²) in [7, 11) is 1.70. The first kappa shape index (κ1) is 28.4. The van der Waals surface area contributed by atoms with Gasteiger partial charge >= 0.3 is 5.97 Å². The second-order valence-electron chi connectivity index (χ2n) is 9.15. The summed E-state index contributed by atoms with van der Waals surface area (Å²) < 4.78 is 10.9. The number of anilines is 2. The molecule has 0 aliphatic rings. The van der Waals surface area contributed by atoms with Crippen molar-refractivity contribution in [2.45, 2.75) is 46.5 Å². The molecule has 200 valence electrons. The molecule has 0 fully saturated rings. The van der Waals surface area contributed by atoms with Crippen LogP contribution in [0.3, 0.4) is 0 Å². The van der Waals surface area contributed by atoms with Crippen LogP contribution in [0.4, 0.5) is 11.4 Å². The maximum Gasteiger partial charge on any atom is 0.305 e. The van der Waals surface area contributed by atoms with Gasteiger partial charge in [-0.05, 0) is 88.1 Å². The molecule has 0 aliphatic heterocycles. The summed E-state index contributed by atoms with van der Waals surface area (Å²) in [4.78, 5) is 38.9. The van der Waals surface area contributed by atoms with Crippen molar-refractivity contribution in [2.24, 2.45) is 0 Å². The molecule has 0 atom stereocenters. The number of unbranched alkanes of at least 4 members (excludes halogenated alkanes) is 2. The van der Waals surface area contributed by atoms with Crippen molar-refractivity contribution in [2.75, 3.05) is 30.5 Å². The van der Waals surface area contributed by atoms with Crippen molar-refractivity contribution in [3.8, 4) is 5.75 Å². The summed E-state index contributed by atoms with van der Waals surface area (Å²) in [6.45, 7) is 6.64. The first-order valence-corrected chi connectivity index (χ1v) is 12.9. The smallest absolute Gasteiger partial charge is 0.305 e. The van der Waals surface area contributed by atoms with E-state index in [-0.39, 0.29) is 17.8 Å². The van der Waals surface area contributed by atoms with Gasteiger partial charge in [-0.25, -0.2) is 0 Å². The number of hydrogen-bond donors (Lipinski definition) is 1. The maximum absolute atomic E-state index is 13.2. The second-order valence-corrected chi connectivity index (χ2v) is 9.15. The Bertz CT molecular complexity index is 1250. The van der Waals surface area contributed by atoms with E-state index in [9.17, 15) is 14.4 Å². The molecule has 0 bridgehead atoms. The van der Waals surface area contributed by atoms with Gasteiger partial charge in [0.25, 0.3) is 11.8 Å². The van der Waals surface area contributed by atoms with Crippen molar-refractivity contribution >= 4 is 29.2 Å². The topological polar surface area (TPSA) is 84.9 Å². The summed E-state index contributed by atoms with van der Waals surface area (Å²) in [5.74, 6) is -0.00531. The van der Waals surface area contributed by atoms with Gasteiger partial charge in [0.2, 0.25) is 0 Å². The van der Waals surface area contributed by atoms with E-state index < -0.39 is 0 Å². The van der Waals surface area contributed by atoms with Crippen LogP contribution in [0.2, 0.25) is 0 Å². The summed E-state index contributed by atoms with van der Waals surface area (Å²) in [6.07, 6.45) is 2.80. The molecule has 0 heterocycles. The molecule has 2 amide bonds. The Morgan fingerprint density at radius 1 is 0.868 bits per heavy atom. The highest BCUT2D eigenvalue weighted by Crippen LogP contribution is 2.28. The van der Waals surface area contributed by atoms with Gasteiger partial charge in [0.1, 0.15) is 5.75 Å². The number of nitrogens with one attached hydrogen (secondary N) is 1. The fourth-order valence-corrected chi connectivity index (χ4v) is 4.04. The van der Waals surface area contributed by atoms with Gasteiger partial charge in [-0.15, -0.1) is 0 Å². The van der Waals surface area contributed by atoms with Crippen LogP contribution in [0.25, 0.3) is 0 Å². The van der Waals surface area contributed by atoms with Gasteiger partial charge in [0.15, 0.2) is 0 Å². The van der Waals surface area contributed by atoms with Crippen LogP contribution < -0.4 is 15.0 Å². The Morgan fingerprint density at radius 3 is 2.29 bits per heavy atom. The average Bonchev–Trinajstić information content (AvgIpc) is 2.91. The highest BCUT2D eigenvalue weighted by atomic mass is 16.5. The number of para-hydroxylation sites is 2. The molecule has 1 N–H and O–H groups in total. The normalized spacial score (nSPS) is 10.5. The highest BCUT2D eigenvalue weighted by molar-refractivity contribution is 6.08. The molecule has 0 saturated carbocycles. The van der Waals surface area contributed by atoms with Crippen molar-refractivity contribution in [1.29, 1.82) is 0 Å². The van der Waals surface area contributed by atoms with Crippen LogP contribution in [0.15, 0.2) is 66.7 Å². The van der Waals surface area contributed by atoms with Crippen molar-refractivity contribution in [3.05, 3.63) is 89.0 Å². The lowest BCUT2D eigenvalue weighted by Gasteiger charge is -2.21. The van der Waals surface area contributed by atoms with Crippen LogP contribution in [0, 0.1) is 13.8 Å². The fourth-order valence-electron chi connectivity index (χ4n) is 4.04. The molecule has 0 unspecified atom stereocenters. The minimum absolute atomic E-state index is 0.172. The van der Waals surface area contributed by atoms with E-state index in [1.54, 1.807) is 43.1 Å². The van der Waals surface area contributed by atoms with Crippen LogP contribution in [0.5, 0.6) is 5.75 Å². The number of hydrogen-bond acceptors (Lipinski definition) is 5. The van der Waals surface area contributed by atoms with Gasteiger partial charge in [0, 0.05) is 30.3 Å². The third-order valence-corrected chi connectivity index (χ3v) is 6.14. The molecule has 0 spiro atoms. The Kier molecular flexibility index (Phi) is 10.5. The average molecular weight is 517 g/mol. The van der Waals surface area contributed by atoms with Gasteiger partial charge < -0.3 is 19.7 Å². The second kappa shape index (κ2) is 14.0. The predicted molar refractivity (Wildman–Crippen MR) is 150 cm³/mol. The number of nitrogens with zero attached hydrogens (tertiary/aromatic N) is 1. The van der Waals surface area contributed by atoms with Crippen LogP contribution in [-0.4, -0.2) is 38.0 Å². The Labute approximate surface area is 224 Å². The minimum Gasteiger partial charge on any atom is -0.491 e. The maximum atomic E-state index is 13.2. The van der Waals surface area contributed by atoms with Crippen LogP contribution in [-0.2, 0) is 9.53 Å². The quantitative estimate of drug-likeness (QED) is 0.224. The Balaban J connectivity index is 1.57. The molecular weight excluding hydrogens is 480 g/mol. The third kappa shape index (κ3) is 7.93. The number of esters is 1. The number of aryl methyl sites for hydroxylation is 2. The molecule has 7 heteroatoms. The van der Waals surface area contributed by atoms with Crippen LogP contribution >= 0.6 is 0 Å². The SMILES string of the molecule is CCOC(=O)CCCCCOc1ccccc1N(C)C(=O)c1ccc(C(=O)Nc2ccc(C)cc2C)cc1. The first-order chi connectivity index (χ1) is 18.3. The van der Waals surface area contributed by atoms with E-state index in [1.807, 2.05) is 56.3 Å². The summed E-state index contributed by atoms with van der Waals surface area (Å²) in [5, 5.41) is 2.93. The minimum atomic E-state index is -0.231. The van der Waals surface area contributed by atoms with Crippen LogP contribution in [0.1, 0.15) is 64.4 Å². The van der Waals surface area contributed by atoms with E-state index in [0.717, 1.165) is 36.1 Å². The summed E-state index contributed by atoms with van der Waals surface area (Å²) in [5.41, 5.74) is 4.46. The number of carbonyl (C=O) groups excluding carboxylic acids is 3. The highest BCUT2D eigenvalue weighted by Gasteiger charge is 2.18. The summed E-state index contributed by atoms with van der Waals surface area (Å²) >= 11 is 0. The molecular formula is C31H36N2O5. The monoisotopic (exact) mass is 516 g/mol. The molecule has 0 aromatic heterocycles. The number of ether oxygens (including phenoxy) is 2. The van der Waals surface area contributed by atoms with Gasteiger partial charge in [-0.2, -0.15) is 0 Å². The predicted octanol–water partition coefficient (Wildman–Crippen LogP) is 6.33. The van der Waals surface area contributed by atoms with Crippen molar-refractivity contribution in [1.82, 2.24) is 0 Å². The van der Waals surface area contributed by atoms with Crippen molar-refractivity contribution < 1.29 is 23.9 Å². The van der Waals surface area contributed by atoms with E-state index in [2.05, 4.69) is 5.32 Å². The van der Waals surface area contributed by atoms with E-state index >= 15 is 0 Å². The molecule has 3 aromatic rings. The van der Waals surface area contributed by atoms with E-state index in [0.29, 0.717) is 42.2 Å². The van der Waals surface area contributed by atoms with E-state index in [4.69, 9.17) is 9.47 Å². The Hall–Kier alpha value is -4.13. The number of benzene rings is 3. The lowest BCUT2D eigenvalue weighted by molar-refractivity contribution is -0.143. The Morgan fingerprint density at radius 2 is 1.58 bits per heavy atom. The van der Waals surface area contributed by atoms with Crippen molar-refractivity contribution in [3.63, 3.8) is 0 Å². The van der Waals surface area contributed by atoms with Gasteiger partial charge in [0.05, 0.1) is 18.9 Å². The largest absolute Gasteiger partial charge is 0.491 e. The molecule has 0 radical (unpaired) electrons. The number of amides is 2. The van der Waals surface area contributed by atoms with E-state index in [1.165, 1.54) is 0 Å². The lowest BCUT2D eigenvalue weighted by atomic mass is 10.1. The number of carbonyl (C=O) groups is 3. The summed E-state index contributed by atoms with van der Waals surface area (Å²) in [6, 6.07) is 19.8.